The minimum absolute atomic E-state index is 0.144. The highest BCUT2D eigenvalue weighted by atomic mass is 35.5. The van der Waals surface area contributed by atoms with Gasteiger partial charge in [0, 0.05) is 21.2 Å². The smallest absolute Gasteiger partial charge is 0.363 e. The summed E-state index contributed by atoms with van der Waals surface area (Å²) in [6.07, 6.45) is 1.61. The van der Waals surface area contributed by atoms with Crippen LogP contribution in [0.3, 0.4) is 0 Å². The van der Waals surface area contributed by atoms with E-state index in [2.05, 4.69) is 4.99 Å². The summed E-state index contributed by atoms with van der Waals surface area (Å²) in [6.45, 7) is 0.300. The SMILES string of the molecule is O=C1OC(c2ccc(F)cc2)=N/C1=C/c1ccc(OCc2ccc(Cl)cc2Cl)cc1. The molecule has 0 amide bonds. The van der Waals surface area contributed by atoms with Gasteiger partial charge in [0.05, 0.1) is 0 Å². The van der Waals surface area contributed by atoms with Crippen molar-refractivity contribution >= 4 is 41.1 Å². The third kappa shape index (κ3) is 4.70. The molecule has 0 saturated heterocycles. The number of hydrogen-bond donors (Lipinski definition) is 0. The largest absolute Gasteiger partial charge is 0.489 e. The summed E-state index contributed by atoms with van der Waals surface area (Å²) in [5.74, 6) is -0.147. The van der Waals surface area contributed by atoms with Gasteiger partial charge in [0.2, 0.25) is 5.90 Å². The number of carbonyl (C=O) groups excluding carboxylic acids is 1. The Balaban J connectivity index is 1.45. The van der Waals surface area contributed by atoms with Crippen molar-refractivity contribution in [3.8, 4) is 5.75 Å². The van der Waals surface area contributed by atoms with Gasteiger partial charge in [0.15, 0.2) is 5.70 Å². The number of ether oxygens (including phenoxy) is 2. The average molecular weight is 442 g/mol. The van der Waals surface area contributed by atoms with Crippen LogP contribution in [0.2, 0.25) is 10.0 Å². The normalized spacial score (nSPS) is 14.6. The van der Waals surface area contributed by atoms with Crippen molar-refractivity contribution in [3.63, 3.8) is 0 Å². The van der Waals surface area contributed by atoms with Crippen LogP contribution < -0.4 is 4.74 Å². The third-order valence-corrected chi connectivity index (χ3v) is 4.89. The molecule has 7 heteroatoms. The van der Waals surface area contributed by atoms with Crippen LogP contribution >= 0.6 is 23.2 Å². The first kappa shape index (κ1) is 20.1. The van der Waals surface area contributed by atoms with E-state index in [4.69, 9.17) is 32.7 Å². The third-order valence-electron chi connectivity index (χ3n) is 4.30. The summed E-state index contributed by atoms with van der Waals surface area (Å²) >= 11 is 12.0. The van der Waals surface area contributed by atoms with Gasteiger partial charge in [-0.15, -0.1) is 0 Å². The second-order valence-corrected chi connectivity index (χ2v) is 7.28. The predicted molar refractivity (Wildman–Crippen MR) is 114 cm³/mol. The number of cyclic esters (lactones) is 1. The summed E-state index contributed by atoms with van der Waals surface area (Å²) in [5, 5.41) is 1.11. The molecule has 0 spiro atoms. The summed E-state index contributed by atoms with van der Waals surface area (Å²) in [5.41, 5.74) is 2.26. The van der Waals surface area contributed by atoms with E-state index in [1.807, 2.05) is 6.07 Å². The Hall–Kier alpha value is -3.15. The van der Waals surface area contributed by atoms with E-state index in [-0.39, 0.29) is 17.4 Å². The molecule has 1 aliphatic heterocycles. The molecule has 0 N–H and O–H groups in total. The van der Waals surface area contributed by atoms with Crippen LogP contribution in [0.4, 0.5) is 4.39 Å². The number of halogens is 3. The van der Waals surface area contributed by atoms with Gasteiger partial charge >= 0.3 is 5.97 Å². The molecule has 30 heavy (non-hydrogen) atoms. The van der Waals surface area contributed by atoms with Crippen LogP contribution in [0.1, 0.15) is 16.7 Å². The van der Waals surface area contributed by atoms with Gasteiger partial charge in [-0.05, 0) is 60.2 Å². The molecular formula is C23H14Cl2FNO3. The average Bonchev–Trinajstić information content (AvgIpc) is 3.09. The molecule has 0 atom stereocenters. The lowest BCUT2D eigenvalue weighted by Gasteiger charge is -2.08. The highest BCUT2D eigenvalue weighted by molar-refractivity contribution is 6.35. The van der Waals surface area contributed by atoms with Crippen LogP contribution in [0, 0.1) is 5.82 Å². The van der Waals surface area contributed by atoms with Gasteiger partial charge in [-0.1, -0.05) is 41.4 Å². The highest BCUT2D eigenvalue weighted by Crippen LogP contribution is 2.24. The molecule has 3 aromatic rings. The zero-order valence-corrected chi connectivity index (χ0v) is 17.0. The molecule has 3 aromatic carbocycles. The number of carbonyl (C=O) groups is 1. The Morgan fingerprint density at radius 1 is 1.00 bits per heavy atom. The molecule has 1 heterocycles. The van der Waals surface area contributed by atoms with E-state index in [1.165, 1.54) is 24.3 Å². The molecule has 4 rings (SSSR count). The molecule has 0 aliphatic carbocycles. The number of esters is 1. The van der Waals surface area contributed by atoms with Crippen molar-refractivity contribution in [2.75, 3.05) is 0 Å². The van der Waals surface area contributed by atoms with Crippen LogP contribution in [-0.2, 0) is 16.1 Å². The van der Waals surface area contributed by atoms with E-state index < -0.39 is 5.97 Å². The van der Waals surface area contributed by atoms with Gasteiger partial charge in [0.1, 0.15) is 18.2 Å². The maximum absolute atomic E-state index is 13.1. The van der Waals surface area contributed by atoms with Crippen molar-refractivity contribution in [2.45, 2.75) is 6.61 Å². The first-order chi connectivity index (χ1) is 14.5. The molecule has 150 valence electrons. The van der Waals surface area contributed by atoms with Crippen LogP contribution in [0.5, 0.6) is 5.75 Å². The molecule has 0 fully saturated rings. The maximum atomic E-state index is 13.1. The summed E-state index contributed by atoms with van der Waals surface area (Å²) < 4.78 is 24.0. The fraction of sp³-hybridized carbons (Fsp3) is 0.0435. The summed E-state index contributed by atoms with van der Waals surface area (Å²) in [4.78, 5) is 16.3. The van der Waals surface area contributed by atoms with E-state index >= 15 is 0 Å². The number of hydrogen-bond acceptors (Lipinski definition) is 4. The molecular weight excluding hydrogens is 428 g/mol. The van der Waals surface area contributed by atoms with E-state index in [1.54, 1.807) is 42.5 Å². The second kappa shape index (κ2) is 8.69. The number of aliphatic imine (C=N–C) groups is 1. The van der Waals surface area contributed by atoms with Crippen molar-refractivity contribution in [3.05, 3.63) is 105 Å². The Labute approximate surface area is 182 Å². The minimum atomic E-state index is -0.563. The van der Waals surface area contributed by atoms with Crippen molar-refractivity contribution in [2.24, 2.45) is 4.99 Å². The van der Waals surface area contributed by atoms with Gasteiger partial charge in [-0.25, -0.2) is 14.2 Å². The molecule has 0 radical (unpaired) electrons. The fourth-order valence-corrected chi connectivity index (χ4v) is 3.21. The topological polar surface area (TPSA) is 47.9 Å². The van der Waals surface area contributed by atoms with Crippen molar-refractivity contribution < 1.29 is 18.7 Å². The van der Waals surface area contributed by atoms with Gasteiger partial charge in [-0.2, -0.15) is 0 Å². The zero-order valence-electron chi connectivity index (χ0n) is 15.4. The lowest BCUT2D eigenvalue weighted by molar-refractivity contribution is -0.129. The molecule has 0 bridgehead atoms. The van der Waals surface area contributed by atoms with E-state index in [0.717, 1.165) is 11.1 Å². The fourth-order valence-electron chi connectivity index (χ4n) is 2.74. The van der Waals surface area contributed by atoms with Crippen LogP contribution in [-0.4, -0.2) is 11.9 Å². The number of nitrogens with zero attached hydrogens (tertiary/aromatic N) is 1. The maximum Gasteiger partial charge on any atom is 0.363 e. The number of rotatable bonds is 5. The lowest BCUT2D eigenvalue weighted by atomic mass is 10.2. The van der Waals surface area contributed by atoms with E-state index in [9.17, 15) is 9.18 Å². The van der Waals surface area contributed by atoms with Gasteiger partial charge in [-0.3, -0.25) is 0 Å². The monoisotopic (exact) mass is 441 g/mol. The Morgan fingerprint density at radius 3 is 2.43 bits per heavy atom. The molecule has 0 saturated carbocycles. The van der Waals surface area contributed by atoms with Gasteiger partial charge in [0.25, 0.3) is 0 Å². The molecule has 0 unspecified atom stereocenters. The van der Waals surface area contributed by atoms with Crippen LogP contribution in [0.15, 0.2) is 77.4 Å². The first-order valence-corrected chi connectivity index (χ1v) is 9.69. The molecule has 0 aromatic heterocycles. The Morgan fingerprint density at radius 2 is 1.73 bits per heavy atom. The summed E-state index contributed by atoms with van der Waals surface area (Å²) in [6, 6.07) is 17.9. The van der Waals surface area contributed by atoms with Crippen molar-refractivity contribution in [1.82, 2.24) is 0 Å². The minimum Gasteiger partial charge on any atom is -0.489 e. The Kier molecular flexibility index (Phi) is 5.84. The standard InChI is InChI=1S/C23H14Cl2FNO3/c24-17-6-3-16(20(25)12-17)13-29-19-9-1-14(2-10-19)11-21-23(28)30-22(27-21)15-4-7-18(26)8-5-15/h1-12H,13H2/b21-11+. The van der Waals surface area contributed by atoms with Gasteiger partial charge < -0.3 is 9.47 Å². The molecule has 4 nitrogen and oxygen atoms in total. The lowest BCUT2D eigenvalue weighted by Crippen LogP contribution is -2.05. The first-order valence-electron chi connectivity index (χ1n) is 8.93. The quantitative estimate of drug-likeness (QED) is 0.357. The van der Waals surface area contributed by atoms with E-state index in [0.29, 0.717) is 28.0 Å². The van der Waals surface area contributed by atoms with Crippen LogP contribution in [0.25, 0.3) is 6.08 Å². The highest BCUT2D eigenvalue weighted by Gasteiger charge is 2.24. The molecule has 1 aliphatic rings. The second-order valence-electron chi connectivity index (χ2n) is 6.44. The number of benzene rings is 3. The summed E-state index contributed by atoms with van der Waals surface area (Å²) in [7, 11) is 0. The van der Waals surface area contributed by atoms with Crippen molar-refractivity contribution in [1.29, 1.82) is 0 Å². The zero-order chi connectivity index (χ0) is 21.1. The predicted octanol–water partition coefficient (Wildman–Crippen LogP) is 6.06. The Bertz CT molecular complexity index is 1160.